The van der Waals surface area contributed by atoms with Crippen molar-refractivity contribution in [2.75, 3.05) is 25.0 Å². The minimum absolute atomic E-state index is 0.0837. The Morgan fingerprint density at radius 3 is 2.62 bits per heavy atom. The molecule has 1 fully saturated rings. The lowest BCUT2D eigenvalue weighted by Gasteiger charge is -2.12. The van der Waals surface area contributed by atoms with Crippen molar-refractivity contribution in [2.45, 2.75) is 19.8 Å². The monoisotopic (exact) mass is 309 g/mol. The second-order valence-corrected chi connectivity index (χ2v) is 5.48. The predicted octanol–water partition coefficient (Wildman–Crippen LogP) is 2.03. The van der Waals surface area contributed by atoms with Gasteiger partial charge in [-0.3, -0.25) is 9.59 Å². The molecule has 0 heterocycles. The van der Waals surface area contributed by atoms with Gasteiger partial charge >= 0.3 is 0 Å². The van der Waals surface area contributed by atoms with Gasteiger partial charge in [-0.25, -0.2) is 0 Å². The number of benzene rings is 1. The van der Waals surface area contributed by atoms with Crippen LogP contribution in [0.1, 0.15) is 30.1 Å². The van der Waals surface area contributed by atoms with Crippen molar-refractivity contribution in [1.29, 1.82) is 0 Å². The standard InChI is InChI=1S/C15H20ClN3O2/c1-2-17-13-6-5-11(16)9-12(13)15(21)19-8-7-18-14(20)10-3-4-10/h5-6,9-10,17H,2-4,7-8H2,1H3,(H,18,20)(H,19,21). The van der Waals surface area contributed by atoms with Crippen LogP contribution in [0.5, 0.6) is 0 Å². The van der Waals surface area contributed by atoms with Crippen LogP contribution >= 0.6 is 11.6 Å². The summed E-state index contributed by atoms with van der Waals surface area (Å²) in [7, 11) is 0. The van der Waals surface area contributed by atoms with Crippen LogP contribution < -0.4 is 16.0 Å². The maximum absolute atomic E-state index is 12.2. The molecule has 2 amide bonds. The van der Waals surface area contributed by atoms with Crippen LogP contribution in [0.3, 0.4) is 0 Å². The van der Waals surface area contributed by atoms with Crippen molar-refractivity contribution < 1.29 is 9.59 Å². The number of anilines is 1. The second kappa shape index (κ2) is 7.31. The van der Waals surface area contributed by atoms with Gasteiger partial charge in [0.2, 0.25) is 5.91 Å². The Kier molecular flexibility index (Phi) is 5.44. The van der Waals surface area contributed by atoms with Gasteiger partial charge in [-0.15, -0.1) is 0 Å². The van der Waals surface area contributed by atoms with E-state index >= 15 is 0 Å². The molecule has 0 unspecified atom stereocenters. The number of hydrogen-bond donors (Lipinski definition) is 3. The Morgan fingerprint density at radius 1 is 1.24 bits per heavy atom. The smallest absolute Gasteiger partial charge is 0.253 e. The van der Waals surface area contributed by atoms with Crippen molar-refractivity contribution in [3.63, 3.8) is 0 Å². The summed E-state index contributed by atoms with van der Waals surface area (Å²) in [4.78, 5) is 23.6. The fourth-order valence-electron chi connectivity index (χ4n) is 2.00. The van der Waals surface area contributed by atoms with E-state index in [0.29, 0.717) is 23.7 Å². The summed E-state index contributed by atoms with van der Waals surface area (Å²) in [5.74, 6) is 0.0726. The predicted molar refractivity (Wildman–Crippen MR) is 83.7 cm³/mol. The summed E-state index contributed by atoms with van der Waals surface area (Å²) in [6.07, 6.45) is 1.96. The van der Waals surface area contributed by atoms with Crippen LogP contribution in [-0.2, 0) is 4.79 Å². The molecule has 3 N–H and O–H groups in total. The Morgan fingerprint density at radius 2 is 1.95 bits per heavy atom. The third kappa shape index (κ3) is 4.63. The molecule has 0 aromatic heterocycles. The average Bonchev–Trinajstić information content (AvgIpc) is 3.30. The minimum atomic E-state index is -0.200. The van der Waals surface area contributed by atoms with Gasteiger partial charge in [-0.05, 0) is 38.0 Å². The van der Waals surface area contributed by atoms with E-state index in [2.05, 4.69) is 16.0 Å². The number of rotatable bonds is 7. The molecule has 2 rings (SSSR count). The van der Waals surface area contributed by atoms with E-state index in [0.717, 1.165) is 25.1 Å². The molecule has 0 spiro atoms. The number of carbonyl (C=O) groups excluding carboxylic acids is 2. The average molecular weight is 310 g/mol. The highest BCUT2D eigenvalue weighted by molar-refractivity contribution is 6.31. The summed E-state index contributed by atoms with van der Waals surface area (Å²) in [6.45, 7) is 3.52. The zero-order chi connectivity index (χ0) is 15.2. The molecule has 114 valence electrons. The lowest BCUT2D eigenvalue weighted by Crippen LogP contribution is -2.35. The fourth-order valence-corrected chi connectivity index (χ4v) is 2.17. The first-order chi connectivity index (χ1) is 10.1. The molecule has 1 aliphatic carbocycles. The van der Waals surface area contributed by atoms with Gasteiger partial charge in [0, 0.05) is 36.3 Å². The summed E-state index contributed by atoms with van der Waals surface area (Å²) in [5.41, 5.74) is 1.26. The van der Waals surface area contributed by atoms with Gasteiger partial charge in [0.25, 0.3) is 5.91 Å². The molecule has 0 bridgehead atoms. The van der Waals surface area contributed by atoms with Crippen molar-refractivity contribution in [1.82, 2.24) is 10.6 Å². The molecule has 1 aromatic rings. The Bertz CT molecular complexity index is 530. The van der Waals surface area contributed by atoms with Gasteiger partial charge in [0.05, 0.1) is 5.56 Å². The molecule has 5 nitrogen and oxygen atoms in total. The van der Waals surface area contributed by atoms with Gasteiger partial charge in [-0.1, -0.05) is 11.6 Å². The third-order valence-electron chi connectivity index (χ3n) is 3.25. The summed E-state index contributed by atoms with van der Waals surface area (Å²) >= 11 is 5.94. The van der Waals surface area contributed by atoms with E-state index in [9.17, 15) is 9.59 Å². The zero-order valence-corrected chi connectivity index (χ0v) is 12.8. The highest BCUT2D eigenvalue weighted by atomic mass is 35.5. The molecule has 1 aliphatic rings. The SMILES string of the molecule is CCNc1ccc(Cl)cc1C(=O)NCCNC(=O)C1CC1. The number of nitrogens with one attached hydrogen (secondary N) is 3. The molecule has 0 radical (unpaired) electrons. The van der Waals surface area contributed by atoms with Crippen molar-refractivity contribution in [2.24, 2.45) is 5.92 Å². The van der Waals surface area contributed by atoms with E-state index in [1.54, 1.807) is 18.2 Å². The Balaban J connectivity index is 1.84. The van der Waals surface area contributed by atoms with Crippen molar-refractivity contribution in [3.05, 3.63) is 28.8 Å². The first-order valence-corrected chi connectivity index (χ1v) is 7.59. The van der Waals surface area contributed by atoms with E-state index in [-0.39, 0.29) is 17.7 Å². The van der Waals surface area contributed by atoms with E-state index < -0.39 is 0 Å². The van der Waals surface area contributed by atoms with E-state index in [1.165, 1.54) is 0 Å². The quantitative estimate of drug-likeness (QED) is 0.675. The lowest BCUT2D eigenvalue weighted by molar-refractivity contribution is -0.122. The Hall–Kier alpha value is -1.75. The summed E-state index contributed by atoms with van der Waals surface area (Å²) in [6, 6.07) is 5.17. The summed E-state index contributed by atoms with van der Waals surface area (Å²) < 4.78 is 0. The molecule has 21 heavy (non-hydrogen) atoms. The number of amides is 2. The van der Waals surface area contributed by atoms with Crippen LogP contribution in [0.2, 0.25) is 5.02 Å². The molecule has 6 heteroatoms. The van der Waals surface area contributed by atoms with Crippen LogP contribution in [0.15, 0.2) is 18.2 Å². The van der Waals surface area contributed by atoms with Gasteiger partial charge in [0.1, 0.15) is 0 Å². The maximum atomic E-state index is 12.2. The maximum Gasteiger partial charge on any atom is 0.253 e. The van der Waals surface area contributed by atoms with Gasteiger partial charge in [-0.2, -0.15) is 0 Å². The number of halogens is 1. The molecule has 0 aliphatic heterocycles. The first kappa shape index (κ1) is 15.6. The number of carbonyl (C=O) groups is 2. The van der Waals surface area contributed by atoms with Crippen LogP contribution in [0, 0.1) is 5.92 Å². The highest BCUT2D eigenvalue weighted by Gasteiger charge is 2.29. The number of hydrogen-bond acceptors (Lipinski definition) is 3. The van der Waals surface area contributed by atoms with Crippen molar-refractivity contribution in [3.8, 4) is 0 Å². The van der Waals surface area contributed by atoms with Crippen LogP contribution in [-0.4, -0.2) is 31.4 Å². The zero-order valence-electron chi connectivity index (χ0n) is 12.0. The first-order valence-electron chi connectivity index (χ1n) is 7.21. The second-order valence-electron chi connectivity index (χ2n) is 5.04. The summed E-state index contributed by atoms with van der Waals surface area (Å²) in [5, 5.41) is 9.24. The van der Waals surface area contributed by atoms with Crippen LogP contribution in [0.25, 0.3) is 0 Å². The van der Waals surface area contributed by atoms with Gasteiger partial charge in [0.15, 0.2) is 0 Å². The fraction of sp³-hybridized carbons (Fsp3) is 0.467. The van der Waals surface area contributed by atoms with E-state index in [1.807, 2.05) is 6.92 Å². The molecule has 1 saturated carbocycles. The van der Waals surface area contributed by atoms with Crippen molar-refractivity contribution >= 4 is 29.1 Å². The molecule has 0 saturated heterocycles. The molecule has 0 atom stereocenters. The normalized spacial score (nSPS) is 13.6. The lowest BCUT2D eigenvalue weighted by atomic mass is 10.1. The Labute approximate surface area is 129 Å². The van der Waals surface area contributed by atoms with Gasteiger partial charge < -0.3 is 16.0 Å². The largest absolute Gasteiger partial charge is 0.385 e. The molecular formula is C15H20ClN3O2. The van der Waals surface area contributed by atoms with E-state index in [4.69, 9.17) is 11.6 Å². The highest BCUT2D eigenvalue weighted by Crippen LogP contribution is 2.28. The molecule has 1 aromatic carbocycles. The third-order valence-corrected chi connectivity index (χ3v) is 3.49. The van der Waals surface area contributed by atoms with Crippen LogP contribution in [0.4, 0.5) is 5.69 Å². The minimum Gasteiger partial charge on any atom is -0.385 e. The molecular weight excluding hydrogens is 290 g/mol. The topological polar surface area (TPSA) is 70.2 Å².